The molecule has 0 amide bonds. The minimum atomic E-state index is -0.0555. The Labute approximate surface area is 324 Å². The van der Waals surface area contributed by atoms with E-state index in [9.17, 15) is 0 Å². The van der Waals surface area contributed by atoms with Gasteiger partial charge in [0.05, 0.1) is 23.1 Å². The molecule has 0 aliphatic heterocycles. The van der Waals surface area contributed by atoms with Crippen LogP contribution < -0.4 is 4.90 Å². The summed E-state index contributed by atoms with van der Waals surface area (Å²) in [5.74, 6) is 0.600. The summed E-state index contributed by atoms with van der Waals surface area (Å²) in [7, 11) is 0. The van der Waals surface area contributed by atoms with E-state index in [1.54, 1.807) is 0 Å². The van der Waals surface area contributed by atoms with E-state index in [2.05, 4.69) is 200 Å². The first-order chi connectivity index (χ1) is 26.9. The summed E-state index contributed by atoms with van der Waals surface area (Å²) in [6.07, 6.45) is 16.1. The van der Waals surface area contributed by atoms with Crippen molar-refractivity contribution in [3.05, 3.63) is 198 Å². The highest BCUT2D eigenvalue weighted by atomic mass is 15.2. The summed E-state index contributed by atoms with van der Waals surface area (Å²) in [5.41, 5.74) is 15.3. The fraction of sp³-hybridized carbons (Fsp3) is 0.173. The lowest BCUT2D eigenvalue weighted by molar-refractivity contribution is 0.474. The number of allylic oxidation sites excluding steroid dienone is 4. The summed E-state index contributed by atoms with van der Waals surface area (Å²) in [6, 6.07) is 49.3. The lowest BCUT2D eigenvalue weighted by Gasteiger charge is -2.45. The molecule has 0 spiro atoms. The lowest BCUT2D eigenvalue weighted by atomic mass is 9.76. The normalized spacial score (nSPS) is 21.1. The molecule has 0 radical (unpaired) electrons. The Bertz CT molecular complexity index is 2710. The van der Waals surface area contributed by atoms with Crippen LogP contribution in [0.2, 0.25) is 0 Å². The molecule has 10 rings (SSSR count). The van der Waals surface area contributed by atoms with E-state index in [4.69, 9.17) is 0 Å². The smallest absolute Gasteiger partial charge is 0.0546 e. The van der Waals surface area contributed by atoms with Gasteiger partial charge in [-0.05, 0) is 105 Å². The fourth-order valence-corrected chi connectivity index (χ4v) is 9.65. The van der Waals surface area contributed by atoms with E-state index in [0.29, 0.717) is 5.92 Å². The van der Waals surface area contributed by atoms with Crippen molar-refractivity contribution in [3.8, 4) is 16.8 Å². The Morgan fingerprint density at radius 3 is 2.15 bits per heavy atom. The highest BCUT2D eigenvalue weighted by molar-refractivity contribution is 6.10. The molecule has 3 heteroatoms. The van der Waals surface area contributed by atoms with E-state index in [1.807, 2.05) is 18.5 Å². The quantitative estimate of drug-likeness (QED) is 0.171. The van der Waals surface area contributed by atoms with Crippen LogP contribution in [0.1, 0.15) is 44.4 Å². The molecule has 3 aliphatic carbocycles. The summed E-state index contributed by atoms with van der Waals surface area (Å²) >= 11 is 0. The van der Waals surface area contributed by atoms with Crippen molar-refractivity contribution in [2.45, 2.75) is 45.2 Å². The van der Waals surface area contributed by atoms with Gasteiger partial charge in [0.15, 0.2) is 0 Å². The predicted octanol–water partition coefficient (Wildman–Crippen LogP) is 12.6. The van der Waals surface area contributed by atoms with Gasteiger partial charge < -0.3 is 9.47 Å². The standard InChI is InChI=1S/C52H45N3/c1-34-29-37(39-13-12-28-53-33-39)22-26-48(34)54(51-32-47-44(30-35(51)2)42-16-8-10-18-46(42)52(47,3)4)41-24-20-36(21-25-41)38-23-27-50-45(31-38)43-17-9-11-19-49(43)55(50)40-14-6-5-7-15-40/h5-35,48,51H,1-4H3. The van der Waals surface area contributed by atoms with Gasteiger partial charge in [-0.1, -0.05) is 143 Å². The number of anilines is 1. The molecule has 5 aromatic carbocycles. The SMILES string of the molecule is CC1C=C(c2cccnc2)C=CC1N(c1ccc(-c2ccc3c(c2)c2ccccc2n3-c2ccccc2)cc1)C1C=C2C(=CC1C)c1ccccc1C2(C)C. The topological polar surface area (TPSA) is 21.1 Å². The Morgan fingerprint density at radius 1 is 0.618 bits per heavy atom. The van der Waals surface area contributed by atoms with E-state index >= 15 is 0 Å². The van der Waals surface area contributed by atoms with Crippen molar-refractivity contribution in [2.24, 2.45) is 11.8 Å². The molecule has 0 N–H and O–H groups in total. The van der Waals surface area contributed by atoms with E-state index in [0.717, 1.165) is 5.56 Å². The van der Waals surface area contributed by atoms with Gasteiger partial charge in [0.2, 0.25) is 0 Å². The molecule has 0 bridgehead atoms. The molecule has 0 fully saturated rings. The predicted molar refractivity (Wildman–Crippen MR) is 231 cm³/mol. The number of benzene rings is 5. The first-order valence-electron chi connectivity index (χ1n) is 19.7. The van der Waals surface area contributed by atoms with Gasteiger partial charge in [0.25, 0.3) is 0 Å². The first-order valence-corrected chi connectivity index (χ1v) is 19.7. The maximum atomic E-state index is 4.41. The van der Waals surface area contributed by atoms with Crippen molar-refractivity contribution in [1.82, 2.24) is 9.55 Å². The molecular weight excluding hydrogens is 667 g/mol. The molecular formula is C52H45N3. The second-order valence-corrected chi connectivity index (χ2v) is 16.1. The van der Waals surface area contributed by atoms with Crippen LogP contribution in [0, 0.1) is 11.8 Å². The summed E-state index contributed by atoms with van der Waals surface area (Å²) < 4.78 is 2.38. The maximum Gasteiger partial charge on any atom is 0.0546 e. The molecule has 268 valence electrons. The van der Waals surface area contributed by atoms with Crippen molar-refractivity contribution < 1.29 is 0 Å². The van der Waals surface area contributed by atoms with E-state index in [-0.39, 0.29) is 23.4 Å². The molecule has 4 unspecified atom stereocenters. The number of hydrogen-bond donors (Lipinski definition) is 0. The second kappa shape index (κ2) is 13.0. The molecule has 4 atom stereocenters. The third-order valence-corrected chi connectivity index (χ3v) is 12.4. The zero-order valence-electron chi connectivity index (χ0n) is 31.9. The second-order valence-electron chi connectivity index (χ2n) is 16.1. The first kappa shape index (κ1) is 33.4. The highest BCUT2D eigenvalue weighted by Crippen LogP contribution is 2.53. The minimum absolute atomic E-state index is 0.0555. The number of hydrogen-bond acceptors (Lipinski definition) is 2. The van der Waals surface area contributed by atoms with Crippen LogP contribution in [0.4, 0.5) is 5.69 Å². The summed E-state index contributed by atoms with van der Waals surface area (Å²) in [4.78, 5) is 7.11. The molecule has 0 saturated heterocycles. The van der Waals surface area contributed by atoms with Crippen LogP contribution in [-0.4, -0.2) is 21.6 Å². The van der Waals surface area contributed by atoms with Crippen LogP contribution in [0.15, 0.2) is 182 Å². The van der Waals surface area contributed by atoms with Gasteiger partial charge in [-0.15, -0.1) is 0 Å². The Morgan fingerprint density at radius 2 is 1.35 bits per heavy atom. The van der Waals surface area contributed by atoms with Crippen molar-refractivity contribution in [2.75, 3.05) is 4.90 Å². The van der Waals surface area contributed by atoms with Crippen molar-refractivity contribution in [3.63, 3.8) is 0 Å². The monoisotopic (exact) mass is 711 g/mol. The van der Waals surface area contributed by atoms with E-state index < -0.39 is 0 Å². The van der Waals surface area contributed by atoms with Gasteiger partial charge in [0.1, 0.15) is 0 Å². The van der Waals surface area contributed by atoms with Crippen LogP contribution in [0.25, 0.3) is 49.8 Å². The van der Waals surface area contributed by atoms with Gasteiger partial charge in [-0.2, -0.15) is 0 Å². The largest absolute Gasteiger partial charge is 0.357 e. The van der Waals surface area contributed by atoms with Gasteiger partial charge in [-0.3, -0.25) is 4.98 Å². The van der Waals surface area contributed by atoms with Crippen molar-refractivity contribution in [1.29, 1.82) is 0 Å². The number of fused-ring (bicyclic) bond motifs is 6. The molecule has 0 saturated carbocycles. The Kier molecular flexibility index (Phi) is 7.88. The van der Waals surface area contributed by atoms with Gasteiger partial charge in [-0.25, -0.2) is 0 Å². The summed E-state index contributed by atoms with van der Waals surface area (Å²) in [5, 5.41) is 2.54. The van der Waals surface area contributed by atoms with Crippen LogP contribution in [0.3, 0.4) is 0 Å². The molecule has 55 heavy (non-hydrogen) atoms. The highest BCUT2D eigenvalue weighted by Gasteiger charge is 2.43. The minimum Gasteiger partial charge on any atom is -0.357 e. The fourth-order valence-electron chi connectivity index (χ4n) is 9.65. The van der Waals surface area contributed by atoms with Crippen molar-refractivity contribution >= 4 is 38.6 Å². The van der Waals surface area contributed by atoms with Crippen LogP contribution in [0.5, 0.6) is 0 Å². The van der Waals surface area contributed by atoms with E-state index in [1.165, 1.54) is 72.2 Å². The average Bonchev–Trinajstić information content (AvgIpc) is 3.67. The van der Waals surface area contributed by atoms with Gasteiger partial charge >= 0.3 is 0 Å². The number of pyridine rings is 1. The molecule has 2 aromatic heterocycles. The number of nitrogens with zero attached hydrogens (tertiary/aromatic N) is 3. The molecule has 2 heterocycles. The third kappa shape index (κ3) is 5.44. The molecule has 3 nitrogen and oxygen atoms in total. The number of rotatable bonds is 6. The molecule has 7 aromatic rings. The lowest BCUT2D eigenvalue weighted by Crippen LogP contribution is -2.48. The van der Waals surface area contributed by atoms with Crippen LogP contribution in [-0.2, 0) is 5.41 Å². The number of para-hydroxylation sites is 2. The average molecular weight is 712 g/mol. The number of aromatic nitrogens is 2. The zero-order valence-corrected chi connectivity index (χ0v) is 31.9. The molecule has 3 aliphatic rings. The maximum absolute atomic E-state index is 4.41. The zero-order chi connectivity index (χ0) is 37.3. The Balaban J connectivity index is 1.05. The summed E-state index contributed by atoms with van der Waals surface area (Å²) in [6.45, 7) is 9.55. The van der Waals surface area contributed by atoms with Crippen LogP contribution >= 0.6 is 0 Å². The Hall–Kier alpha value is -6.19. The van der Waals surface area contributed by atoms with Gasteiger partial charge in [0, 0.05) is 40.0 Å². The third-order valence-electron chi connectivity index (χ3n) is 12.4.